The smallest absolute Gasteiger partial charge is 0.228 e. The quantitative estimate of drug-likeness (QED) is 0.609. The molecular formula is C19H14Cl2FN3O. The number of aromatic nitrogens is 1. The minimum atomic E-state index is -0.333. The third-order valence-electron chi connectivity index (χ3n) is 3.54. The van der Waals surface area contributed by atoms with Crippen molar-refractivity contribution in [2.24, 2.45) is 0 Å². The molecule has 0 saturated heterocycles. The van der Waals surface area contributed by atoms with E-state index in [1.807, 2.05) is 0 Å². The fraction of sp³-hybridized carbons (Fsp3) is 0.0526. The summed E-state index contributed by atoms with van der Waals surface area (Å²) in [5, 5.41) is 6.75. The molecule has 0 saturated carbocycles. The molecule has 0 aliphatic rings. The Morgan fingerprint density at radius 3 is 2.31 bits per heavy atom. The molecule has 3 rings (SSSR count). The van der Waals surface area contributed by atoms with E-state index < -0.39 is 0 Å². The fourth-order valence-electron chi connectivity index (χ4n) is 2.28. The molecule has 0 atom stereocenters. The predicted octanol–water partition coefficient (Wildman–Crippen LogP) is 5.45. The Morgan fingerprint density at radius 2 is 1.69 bits per heavy atom. The number of pyridine rings is 1. The molecule has 0 aliphatic carbocycles. The van der Waals surface area contributed by atoms with Gasteiger partial charge in [-0.3, -0.25) is 4.79 Å². The van der Waals surface area contributed by atoms with Crippen LogP contribution in [0.5, 0.6) is 0 Å². The van der Waals surface area contributed by atoms with Crippen LogP contribution in [0.1, 0.15) is 5.56 Å². The molecule has 0 radical (unpaired) electrons. The van der Waals surface area contributed by atoms with Gasteiger partial charge in [0.1, 0.15) is 11.6 Å². The van der Waals surface area contributed by atoms with Gasteiger partial charge in [-0.2, -0.15) is 0 Å². The molecule has 0 unspecified atom stereocenters. The van der Waals surface area contributed by atoms with Crippen LogP contribution in [0.2, 0.25) is 10.0 Å². The second kappa shape index (κ2) is 8.17. The van der Waals surface area contributed by atoms with Crippen LogP contribution < -0.4 is 10.6 Å². The van der Waals surface area contributed by atoms with Crippen molar-refractivity contribution in [3.8, 4) is 0 Å². The molecule has 1 heterocycles. The van der Waals surface area contributed by atoms with E-state index >= 15 is 0 Å². The summed E-state index contributed by atoms with van der Waals surface area (Å²) in [6.07, 6.45) is 1.67. The van der Waals surface area contributed by atoms with Crippen LogP contribution in [0.3, 0.4) is 0 Å². The predicted molar refractivity (Wildman–Crippen MR) is 103 cm³/mol. The average molecular weight is 390 g/mol. The van der Waals surface area contributed by atoms with Gasteiger partial charge in [0.25, 0.3) is 0 Å². The molecule has 2 N–H and O–H groups in total. The third-order valence-corrected chi connectivity index (χ3v) is 4.17. The van der Waals surface area contributed by atoms with Gasteiger partial charge in [-0.1, -0.05) is 41.4 Å². The van der Waals surface area contributed by atoms with E-state index in [1.165, 1.54) is 18.3 Å². The van der Waals surface area contributed by atoms with Crippen molar-refractivity contribution in [1.29, 1.82) is 0 Å². The Hall–Kier alpha value is -2.63. The van der Waals surface area contributed by atoms with Crippen molar-refractivity contribution < 1.29 is 9.18 Å². The largest absolute Gasteiger partial charge is 0.338 e. The van der Waals surface area contributed by atoms with E-state index in [1.54, 1.807) is 42.5 Å². The number of para-hydroxylation sites is 1. The molecule has 1 amide bonds. The number of halogens is 3. The number of hydrogen-bond donors (Lipinski definition) is 2. The zero-order chi connectivity index (χ0) is 18.5. The Balaban J connectivity index is 1.62. The highest BCUT2D eigenvalue weighted by Crippen LogP contribution is 2.32. The first-order valence-electron chi connectivity index (χ1n) is 7.72. The number of nitrogens with one attached hydrogen (secondary N) is 2. The second-order valence-electron chi connectivity index (χ2n) is 5.51. The maximum atomic E-state index is 12.9. The summed E-state index contributed by atoms with van der Waals surface area (Å²) in [5.41, 5.74) is 1.84. The van der Waals surface area contributed by atoms with Crippen LogP contribution in [0.25, 0.3) is 0 Å². The molecule has 132 valence electrons. The first-order valence-corrected chi connectivity index (χ1v) is 8.48. The fourth-order valence-corrected chi connectivity index (χ4v) is 2.77. The highest BCUT2D eigenvalue weighted by molar-refractivity contribution is 6.39. The number of carbonyl (C=O) groups is 1. The lowest BCUT2D eigenvalue weighted by molar-refractivity contribution is -0.115. The Kier molecular flexibility index (Phi) is 5.71. The molecule has 7 heteroatoms. The van der Waals surface area contributed by atoms with Crippen LogP contribution in [0, 0.1) is 5.82 Å². The number of anilines is 3. The number of nitrogens with zero attached hydrogens (tertiary/aromatic N) is 1. The summed E-state index contributed by atoms with van der Waals surface area (Å²) in [4.78, 5) is 16.3. The number of rotatable bonds is 5. The molecule has 1 aromatic heterocycles. The summed E-state index contributed by atoms with van der Waals surface area (Å²) in [6.45, 7) is 0. The first-order chi connectivity index (χ1) is 12.5. The van der Waals surface area contributed by atoms with Gasteiger partial charge in [-0.25, -0.2) is 9.37 Å². The third kappa shape index (κ3) is 4.71. The Morgan fingerprint density at radius 1 is 1.00 bits per heavy atom. The van der Waals surface area contributed by atoms with Crippen LogP contribution in [0.4, 0.5) is 21.6 Å². The zero-order valence-corrected chi connectivity index (χ0v) is 15.0. The molecular weight excluding hydrogens is 376 g/mol. The molecule has 4 nitrogen and oxygen atoms in total. The van der Waals surface area contributed by atoms with Crippen LogP contribution in [0.15, 0.2) is 60.8 Å². The standard InChI is InChI=1S/C19H14Cl2FN3O/c20-15-2-1-3-16(21)19(15)25-17-9-8-14(11-23-17)24-18(26)10-12-4-6-13(22)7-5-12/h1-9,11H,10H2,(H,23,25)(H,24,26). The van der Waals surface area contributed by atoms with Crippen LogP contribution in [-0.2, 0) is 11.2 Å². The molecule has 0 aliphatic heterocycles. The van der Waals surface area contributed by atoms with Gasteiger partial charge >= 0.3 is 0 Å². The molecule has 0 fully saturated rings. The summed E-state index contributed by atoms with van der Waals surface area (Å²) < 4.78 is 12.9. The lowest BCUT2D eigenvalue weighted by atomic mass is 10.1. The monoisotopic (exact) mass is 389 g/mol. The van der Waals surface area contributed by atoms with E-state index in [9.17, 15) is 9.18 Å². The van der Waals surface area contributed by atoms with Crippen molar-refractivity contribution >= 4 is 46.3 Å². The lowest BCUT2D eigenvalue weighted by Gasteiger charge is -2.10. The van der Waals surface area contributed by atoms with Gasteiger partial charge < -0.3 is 10.6 Å². The van der Waals surface area contributed by atoms with E-state index in [-0.39, 0.29) is 18.1 Å². The van der Waals surface area contributed by atoms with Gasteiger partial charge in [-0.05, 0) is 42.0 Å². The topological polar surface area (TPSA) is 54.0 Å². The van der Waals surface area contributed by atoms with Crippen molar-refractivity contribution in [2.45, 2.75) is 6.42 Å². The highest BCUT2D eigenvalue weighted by atomic mass is 35.5. The molecule has 26 heavy (non-hydrogen) atoms. The van der Waals surface area contributed by atoms with Gasteiger partial charge in [-0.15, -0.1) is 0 Å². The highest BCUT2D eigenvalue weighted by Gasteiger charge is 2.08. The van der Waals surface area contributed by atoms with E-state index in [4.69, 9.17) is 23.2 Å². The number of amides is 1. The zero-order valence-electron chi connectivity index (χ0n) is 13.5. The maximum Gasteiger partial charge on any atom is 0.228 e. The molecule has 3 aromatic rings. The SMILES string of the molecule is O=C(Cc1ccc(F)cc1)Nc1ccc(Nc2c(Cl)cccc2Cl)nc1. The summed E-state index contributed by atoms with van der Waals surface area (Å²) in [6, 6.07) is 14.4. The average Bonchev–Trinajstić information content (AvgIpc) is 2.62. The molecule has 0 spiro atoms. The summed E-state index contributed by atoms with van der Waals surface area (Å²) in [5.74, 6) is -0.00938. The van der Waals surface area contributed by atoms with Crippen molar-refractivity contribution in [3.63, 3.8) is 0 Å². The normalized spacial score (nSPS) is 10.4. The minimum absolute atomic E-state index is 0.148. The Labute approximate surface area is 160 Å². The van der Waals surface area contributed by atoms with Crippen molar-refractivity contribution in [1.82, 2.24) is 4.98 Å². The van der Waals surface area contributed by atoms with Crippen molar-refractivity contribution in [3.05, 3.63) is 82.2 Å². The number of benzene rings is 2. The second-order valence-corrected chi connectivity index (χ2v) is 6.32. The van der Waals surface area contributed by atoms with Crippen molar-refractivity contribution in [2.75, 3.05) is 10.6 Å². The van der Waals surface area contributed by atoms with Crippen LogP contribution in [-0.4, -0.2) is 10.9 Å². The number of carbonyl (C=O) groups excluding carboxylic acids is 1. The van der Waals surface area contributed by atoms with Gasteiger partial charge in [0, 0.05) is 0 Å². The van der Waals surface area contributed by atoms with E-state index in [0.29, 0.717) is 27.2 Å². The van der Waals surface area contributed by atoms with Gasteiger partial charge in [0.2, 0.25) is 5.91 Å². The Bertz CT molecular complexity index is 895. The minimum Gasteiger partial charge on any atom is -0.338 e. The first kappa shape index (κ1) is 18.2. The maximum absolute atomic E-state index is 12.9. The van der Waals surface area contributed by atoms with E-state index in [0.717, 1.165) is 5.56 Å². The summed E-state index contributed by atoms with van der Waals surface area (Å²) in [7, 11) is 0. The molecule has 2 aromatic carbocycles. The van der Waals surface area contributed by atoms with E-state index in [2.05, 4.69) is 15.6 Å². The van der Waals surface area contributed by atoms with Gasteiger partial charge in [0.15, 0.2) is 0 Å². The molecule has 0 bridgehead atoms. The summed E-state index contributed by atoms with van der Waals surface area (Å²) >= 11 is 12.2. The lowest BCUT2D eigenvalue weighted by Crippen LogP contribution is -2.14. The van der Waals surface area contributed by atoms with Crippen LogP contribution >= 0.6 is 23.2 Å². The number of hydrogen-bond acceptors (Lipinski definition) is 3. The van der Waals surface area contributed by atoms with Gasteiger partial charge in [0.05, 0.1) is 34.0 Å².